The number of aliphatic carboxylic acids is 1. The molecule has 2 unspecified atom stereocenters. The molecule has 1 amide bonds. The summed E-state index contributed by atoms with van der Waals surface area (Å²) in [6, 6.07) is -1.27. The number of hydrogen-bond donors (Lipinski definition) is 2. The maximum atomic E-state index is 11.4. The molecule has 3 atom stereocenters. The van der Waals surface area contributed by atoms with Gasteiger partial charge in [0.2, 0.25) is 5.91 Å². The molecule has 0 spiro atoms. The third kappa shape index (κ3) is 1.01. The second-order valence-electron chi connectivity index (χ2n) is 4.12. The van der Waals surface area contributed by atoms with Crippen LogP contribution in [0.4, 0.5) is 0 Å². The van der Waals surface area contributed by atoms with E-state index in [2.05, 4.69) is 0 Å². The van der Waals surface area contributed by atoms with Crippen molar-refractivity contribution in [1.82, 2.24) is 4.90 Å². The van der Waals surface area contributed by atoms with Crippen molar-refractivity contribution in [1.29, 1.82) is 0 Å². The van der Waals surface area contributed by atoms with Gasteiger partial charge in [0.05, 0.1) is 0 Å². The summed E-state index contributed by atoms with van der Waals surface area (Å²) in [5, 5.41) is 8.87. The summed E-state index contributed by atoms with van der Waals surface area (Å²) in [5.74, 6) is -1.20. The van der Waals surface area contributed by atoms with E-state index in [0.29, 0.717) is 0 Å². The molecular weight excluding hydrogens is 204 g/mol. The summed E-state index contributed by atoms with van der Waals surface area (Å²) in [6.07, 6.45) is 0. The maximum Gasteiger partial charge on any atom is 0.327 e. The summed E-state index contributed by atoms with van der Waals surface area (Å²) in [7, 11) is 0. The zero-order valence-corrected chi connectivity index (χ0v) is 8.75. The third-order valence-electron chi connectivity index (χ3n) is 2.72. The summed E-state index contributed by atoms with van der Waals surface area (Å²) < 4.78 is -0.458. The number of carboxylic acids is 1. The molecule has 0 aromatic rings. The topological polar surface area (TPSA) is 83.6 Å². The molecule has 2 rings (SSSR count). The van der Waals surface area contributed by atoms with E-state index in [1.165, 1.54) is 16.7 Å². The Morgan fingerprint density at radius 3 is 2.71 bits per heavy atom. The molecule has 0 aromatic carbocycles. The Morgan fingerprint density at radius 1 is 1.64 bits per heavy atom. The Morgan fingerprint density at radius 2 is 2.21 bits per heavy atom. The Hall–Kier alpha value is -0.750. The van der Waals surface area contributed by atoms with Gasteiger partial charge >= 0.3 is 5.97 Å². The van der Waals surface area contributed by atoms with Gasteiger partial charge in [0.15, 0.2) is 0 Å². The number of thioether (sulfide) groups is 1. The average Bonchev–Trinajstić information content (AvgIpc) is 2.34. The SMILES string of the molecule is CC1(C)S[C@@H]2C(N)C(=O)N2C1C(=O)O. The highest BCUT2D eigenvalue weighted by molar-refractivity contribution is 8.01. The van der Waals surface area contributed by atoms with Crippen molar-refractivity contribution < 1.29 is 14.7 Å². The van der Waals surface area contributed by atoms with Crippen LogP contribution in [-0.2, 0) is 9.59 Å². The fourth-order valence-electron chi connectivity index (χ4n) is 2.04. The van der Waals surface area contributed by atoms with Gasteiger partial charge in [-0.2, -0.15) is 0 Å². The van der Waals surface area contributed by atoms with Crippen LogP contribution in [0.25, 0.3) is 0 Å². The van der Waals surface area contributed by atoms with Gasteiger partial charge in [-0.05, 0) is 13.8 Å². The van der Waals surface area contributed by atoms with E-state index in [4.69, 9.17) is 10.8 Å². The van der Waals surface area contributed by atoms with Gasteiger partial charge in [-0.1, -0.05) is 0 Å². The first-order valence-corrected chi connectivity index (χ1v) is 5.22. The Kier molecular flexibility index (Phi) is 1.84. The van der Waals surface area contributed by atoms with E-state index in [1.807, 2.05) is 13.8 Å². The van der Waals surface area contributed by atoms with Crippen molar-refractivity contribution in [3.8, 4) is 0 Å². The summed E-state index contributed by atoms with van der Waals surface area (Å²) >= 11 is 1.47. The molecule has 2 heterocycles. The van der Waals surface area contributed by atoms with Gasteiger partial charge in [-0.15, -0.1) is 11.8 Å². The first kappa shape index (κ1) is 9.79. The summed E-state index contributed by atoms with van der Waals surface area (Å²) in [6.45, 7) is 3.66. The van der Waals surface area contributed by atoms with E-state index in [0.717, 1.165) is 0 Å². The lowest BCUT2D eigenvalue weighted by Gasteiger charge is -2.41. The molecule has 2 aliphatic heterocycles. The summed E-state index contributed by atoms with van der Waals surface area (Å²) in [4.78, 5) is 23.8. The zero-order valence-electron chi connectivity index (χ0n) is 7.93. The van der Waals surface area contributed by atoms with Crippen LogP contribution in [0.3, 0.4) is 0 Å². The second-order valence-corrected chi connectivity index (χ2v) is 5.89. The van der Waals surface area contributed by atoms with E-state index < -0.39 is 22.8 Å². The van der Waals surface area contributed by atoms with Crippen molar-refractivity contribution in [2.75, 3.05) is 0 Å². The molecule has 0 radical (unpaired) electrons. The monoisotopic (exact) mass is 216 g/mol. The van der Waals surface area contributed by atoms with Crippen molar-refractivity contribution in [3.05, 3.63) is 0 Å². The molecule has 2 saturated heterocycles. The Labute approximate surface area is 85.6 Å². The zero-order chi connectivity index (χ0) is 10.7. The Balaban J connectivity index is 2.32. The number of nitrogens with zero attached hydrogens (tertiary/aromatic N) is 1. The van der Waals surface area contributed by atoms with Crippen LogP contribution in [-0.4, -0.2) is 44.1 Å². The lowest BCUT2D eigenvalue weighted by Crippen LogP contribution is -2.68. The van der Waals surface area contributed by atoms with Gasteiger partial charge in [0, 0.05) is 4.75 Å². The smallest absolute Gasteiger partial charge is 0.327 e. The third-order valence-corrected chi connectivity index (χ3v) is 4.31. The van der Waals surface area contributed by atoms with E-state index in [9.17, 15) is 9.59 Å². The van der Waals surface area contributed by atoms with Crippen LogP contribution < -0.4 is 5.73 Å². The molecular formula is C8H12N2O3S. The minimum absolute atomic E-state index is 0.154. The fourth-order valence-corrected chi connectivity index (χ4v) is 3.61. The van der Waals surface area contributed by atoms with Crippen LogP contribution in [0.1, 0.15) is 13.8 Å². The fraction of sp³-hybridized carbons (Fsp3) is 0.750. The molecule has 0 aromatic heterocycles. The average molecular weight is 216 g/mol. The molecule has 6 heteroatoms. The number of nitrogens with two attached hydrogens (primary N) is 1. The largest absolute Gasteiger partial charge is 0.480 e. The van der Waals surface area contributed by atoms with E-state index in [-0.39, 0.29) is 11.3 Å². The first-order chi connectivity index (χ1) is 6.36. The van der Waals surface area contributed by atoms with Gasteiger partial charge in [0.1, 0.15) is 17.5 Å². The molecule has 78 valence electrons. The predicted molar refractivity (Wildman–Crippen MR) is 51.7 cm³/mol. The van der Waals surface area contributed by atoms with Crippen molar-refractivity contribution >= 4 is 23.6 Å². The quantitative estimate of drug-likeness (QED) is 0.575. The molecule has 3 N–H and O–H groups in total. The van der Waals surface area contributed by atoms with Gasteiger partial charge in [0.25, 0.3) is 0 Å². The maximum absolute atomic E-state index is 11.4. The van der Waals surface area contributed by atoms with E-state index in [1.54, 1.807) is 0 Å². The van der Waals surface area contributed by atoms with Crippen LogP contribution in [0.5, 0.6) is 0 Å². The summed E-state index contributed by atoms with van der Waals surface area (Å²) in [5.41, 5.74) is 5.59. The molecule has 14 heavy (non-hydrogen) atoms. The number of hydrogen-bond acceptors (Lipinski definition) is 4. The molecule has 0 bridgehead atoms. The number of β-lactam (4-membered cyclic amide) rings is 1. The second kappa shape index (κ2) is 2.64. The lowest BCUT2D eigenvalue weighted by atomic mass is 9.96. The van der Waals surface area contributed by atoms with Crippen LogP contribution in [0.15, 0.2) is 0 Å². The normalized spacial score (nSPS) is 39.2. The molecule has 2 fully saturated rings. The van der Waals surface area contributed by atoms with Crippen LogP contribution in [0.2, 0.25) is 0 Å². The number of amides is 1. The highest BCUT2D eigenvalue weighted by Gasteiger charge is 2.62. The highest BCUT2D eigenvalue weighted by Crippen LogP contribution is 2.50. The standard InChI is InChI=1S/C8H12N2O3S/c1-8(2)4(7(12)13)10-5(11)3(9)6(10)14-8/h3-4,6H,9H2,1-2H3,(H,12,13)/t3?,4?,6-/m1/s1. The number of carboxylic acid groups (broad SMARTS) is 1. The van der Waals surface area contributed by atoms with Crippen molar-refractivity contribution in [3.63, 3.8) is 0 Å². The van der Waals surface area contributed by atoms with Crippen LogP contribution in [0, 0.1) is 0 Å². The first-order valence-electron chi connectivity index (χ1n) is 4.34. The van der Waals surface area contributed by atoms with Gasteiger partial charge in [-0.25, -0.2) is 4.79 Å². The minimum atomic E-state index is -0.953. The number of rotatable bonds is 1. The predicted octanol–water partition coefficient (Wildman–Crippen LogP) is -0.539. The molecule has 0 aliphatic carbocycles. The molecule has 2 aliphatic rings. The van der Waals surface area contributed by atoms with Gasteiger partial charge in [-0.3, -0.25) is 4.79 Å². The van der Waals surface area contributed by atoms with Crippen molar-refractivity contribution in [2.24, 2.45) is 5.73 Å². The number of fused-ring (bicyclic) bond motifs is 1. The molecule has 0 saturated carbocycles. The Bertz CT molecular complexity index is 318. The van der Waals surface area contributed by atoms with Crippen molar-refractivity contribution in [2.45, 2.75) is 36.1 Å². The minimum Gasteiger partial charge on any atom is -0.480 e. The number of carbonyl (C=O) groups excluding carboxylic acids is 1. The number of carbonyl (C=O) groups is 2. The van der Waals surface area contributed by atoms with E-state index >= 15 is 0 Å². The highest BCUT2D eigenvalue weighted by atomic mass is 32.2. The van der Waals surface area contributed by atoms with Gasteiger partial charge < -0.3 is 15.7 Å². The van der Waals surface area contributed by atoms with Crippen LogP contribution >= 0.6 is 11.8 Å². The lowest BCUT2D eigenvalue weighted by molar-refractivity contribution is -0.159. The molecule has 5 nitrogen and oxygen atoms in total.